The molecule has 1 unspecified atom stereocenters. The Hall–Kier alpha value is -1.40. The zero-order valence-electron chi connectivity index (χ0n) is 8.83. The molecule has 0 bridgehead atoms. The van der Waals surface area contributed by atoms with Crippen LogP contribution >= 0.6 is 0 Å². The second kappa shape index (κ2) is 6.15. The molecule has 0 saturated heterocycles. The van der Waals surface area contributed by atoms with Crippen LogP contribution in [0.25, 0.3) is 0 Å². The molecule has 0 saturated carbocycles. The third kappa shape index (κ3) is 3.34. The first-order valence-electron chi connectivity index (χ1n) is 5.05. The number of rotatable bonds is 5. The van der Waals surface area contributed by atoms with E-state index in [1.807, 2.05) is 0 Å². The summed E-state index contributed by atoms with van der Waals surface area (Å²) in [5.41, 5.74) is 0.594. The Balaban J connectivity index is 2.79. The van der Waals surface area contributed by atoms with Crippen molar-refractivity contribution in [1.29, 1.82) is 0 Å². The van der Waals surface area contributed by atoms with Gasteiger partial charge in [-0.15, -0.1) is 12.3 Å². The molecule has 1 rings (SSSR count). The van der Waals surface area contributed by atoms with Crippen LogP contribution in [0.5, 0.6) is 0 Å². The monoisotopic (exact) mass is 206 g/mol. The first-order chi connectivity index (χ1) is 7.29. The fraction of sp³-hybridized carbons (Fsp3) is 0.417. The molecule has 80 valence electrons. The molecule has 0 amide bonds. The minimum Gasteiger partial charge on any atom is -0.309 e. The van der Waals surface area contributed by atoms with Gasteiger partial charge in [-0.2, -0.15) is 0 Å². The van der Waals surface area contributed by atoms with Crippen LogP contribution in [0.3, 0.4) is 0 Å². The van der Waals surface area contributed by atoms with Crippen molar-refractivity contribution < 1.29 is 4.39 Å². The van der Waals surface area contributed by atoms with Gasteiger partial charge in [0.05, 0.1) is 6.20 Å². The molecule has 1 aromatic heterocycles. The fourth-order valence-corrected chi connectivity index (χ4v) is 1.40. The Morgan fingerprint density at radius 3 is 3.07 bits per heavy atom. The third-order valence-corrected chi connectivity index (χ3v) is 2.14. The number of nitrogens with zero attached hydrogens (tertiary/aromatic N) is 1. The molecule has 1 aromatic rings. The van der Waals surface area contributed by atoms with Crippen LogP contribution in [0.4, 0.5) is 4.39 Å². The lowest BCUT2D eigenvalue weighted by Crippen LogP contribution is -2.22. The fourth-order valence-electron chi connectivity index (χ4n) is 1.40. The molecule has 0 aliphatic carbocycles. The lowest BCUT2D eigenvalue weighted by molar-refractivity contribution is 0.504. The first kappa shape index (κ1) is 11.7. The lowest BCUT2D eigenvalue weighted by atomic mass is 10.1. The Labute approximate surface area is 89.9 Å². The summed E-state index contributed by atoms with van der Waals surface area (Å²) >= 11 is 0. The molecular formula is C12H15FN2. The van der Waals surface area contributed by atoms with E-state index < -0.39 is 0 Å². The summed E-state index contributed by atoms with van der Waals surface area (Å²) in [4.78, 5) is 3.71. The van der Waals surface area contributed by atoms with Crippen LogP contribution in [0, 0.1) is 18.2 Å². The summed E-state index contributed by atoms with van der Waals surface area (Å²) in [5.74, 6) is 2.25. The molecule has 0 fully saturated rings. The summed E-state index contributed by atoms with van der Waals surface area (Å²) in [5, 5.41) is 3.22. The van der Waals surface area contributed by atoms with Gasteiger partial charge >= 0.3 is 0 Å². The number of hydrogen-bond acceptors (Lipinski definition) is 2. The van der Waals surface area contributed by atoms with E-state index in [1.54, 1.807) is 12.3 Å². The molecule has 0 spiro atoms. The van der Waals surface area contributed by atoms with Gasteiger partial charge in [0.25, 0.3) is 0 Å². The molecule has 1 atom stereocenters. The van der Waals surface area contributed by atoms with Crippen molar-refractivity contribution in [1.82, 2.24) is 10.3 Å². The van der Waals surface area contributed by atoms with Crippen LogP contribution in [0.2, 0.25) is 0 Å². The van der Waals surface area contributed by atoms with Gasteiger partial charge in [0.1, 0.15) is 5.82 Å². The number of hydrogen-bond donors (Lipinski definition) is 1. The van der Waals surface area contributed by atoms with Gasteiger partial charge < -0.3 is 5.32 Å². The van der Waals surface area contributed by atoms with Crippen molar-refractivity contribution in [3.8, 4) is 12.3 Å². The zero-order chi connectivity index (χ0) is 11.1. The van der Waals surface area contributed by atoms with Crippen LogP contribution in [0.1, 0.15) is 31.4 Å². The highest BCUT2D eigenvalue weighted by Crippen LogP contribution is 2.18. The van der Waals surface area contributed by atoms with Crippen LogP contribution in [-0.2, 0) is 0 Å². The Bertz CT molecular complexity index is 344. The van der Waals surface area contributed by atoms with Gasteiger partial charge in [-0.05, 0) is 19.0 Å². The van der Waals surface area contributed by atoms with E-state index in [9.17, 15) is 4.39 Å². The molecule has 1 heterocycles. The second-order valence-electron chi connectivity index (χ2n) is 3.31. The topological polar surface area (TPSA) is 24.9 Å². The van der Waals surface area contributed by atoms with Crippen LogP contribution in [0.15, 0.2) is 18.5 Å². The van der Waals surface area contributed by atoms with Crippen molar-refractivity contribution in [3.63, 3.8) is 0 Å². The standard InChI is InChI=1S/C12H15FN2/c1-3-5-12(15-7-4-2)10-6-8-14-9-11(10)13/h1,6,8-9,12,15H,4-5,7H2,2H3. The molecule has 0 aliphatic heterocycles. The van der Waals surface area contributed by atoms with Crippen molar-refractivity contribution in [3.05, 3.63) is 29.8 Å². The molecular weight excluding hydrogens is 191 g/mol. The highest BCUT2D eigenvalue weighted by Gasteiger charge is 2.13. The highest BCUT2D eigenvalue weighted by molar-refractivity contribution is 5.19. The lowest BCUT2D eigenvalue weighted by Gasteiger charge is -2.16. The molecule has 0 radical (unpaired) electrons. The second-order valence-corrected chi connectivity index (χ2v) is 3.31. The Kier molecular flexibility index (Phi) is 4.79. The number of aromatic nitrogens is 1. The van der Waals surface area contributed by atoms with E-state index >= 15 is 0 Å². The number of terminal acetylenes is 1. The van der Waals surface area contributed by atoms with Gasteiger partial charge in [-0.3, -0.25) is 4.98 Å². The minimum absolute atomic E-state index is 0.113. The predicted molar refractivity (Wildman–Crippen MR) is 58.7 cm³/mol. The van der Waals surface area contributed by atoms with E-state index in [1.165, 1.54) is 6.20 Å². The largest absolute Gasteiger partial charge is 0.309 e. The van der Waals surface area contributed by atoms with Crippen molar-refractivity contribution >= 4 is 0 Å². The molecule has 3 heteroatoms. The summed E-state index contributed by atoms with van der Waals surface area (Å²) in [6.45, 7) is 2.89. The summed E-state index contributed by atoms with van der Waals surface area (Å²) in [6.07, 6.45) is 9.54. The summed E-state index contributed by atoms with van der Waals surface area (Å²) in [7, 11) is 0. The first-order valence-corrected chi connectivity index (χ1v) is 5.05. The van der Waals surface area contributed by atoms with E-state index in [2.05, 4.69) is 23.1 Å². The van der Waals surface area contributed by atoms with Gasteiger partial charge in [0, 0.05) is 24.2 Å². The average Bonchev–Trinajstić information content (AvgIpc) is 2.25. The minimum atomic E-state index is -0.304. The van der Waals surface area contributed by atoms with Crippen molar-refractivity contribution in [2.75, 3.05) is 6.54 Å². The quantitative estimate of drug-likeness (QED) is 0.748. The third-order valence-electron chi connectivity index (χ3n) is 2.14. The smallest absolute Gasteiger partial charge is 0.146 e. The Morgan fingerprint density at radius 2 is 2.47 bits per heavy atom. The van der Waals surface area contributed by atoms with Crippen LogP contribution in [-0.4, -0.2) is 11.5 Å². The van der Waals surface area contributed by atoms with E-state index in [0.717, 1.165) is 13.0 Å². The van der Waals surface area contributed by atoms with E-state index in [0.29, 0.717) is 12.0 Å². The maximum absolute atomic E-state index is 13.4. The van der Waals surface area contributed by atoms with Crippen molar-refractivity contribution in [2.45, 2.75) is 25.8 Å². The predicted octanol–water partition coefficient (Wildman–Crippen LogP) is 2.28. The normalized spacial score (nSPS) is 12.1. The molecule has 0 aliphatic rings. The molecule has 0 aromatic carbocycles. The van der Waals surface area contributed by atoms with Gasteiger partial charge in [0.2, 0.25) is 0 Å². The number of pyridine rings is 1. The molecule has 1 N–H and O–H groups in total. The van der Waals surface area contributed by atoms with Crippen molar-refractivity contribution in [2.24, 2.45) is 0 Å². The number of halogens is 1. The van der Waals surface area contributed by atoms with Gasteiger partial charge in [0.15, 0.2) is 0 Å². The van der Waals surface area contributed by atoms with Gasteiger partial charge in [-0.1, -0.05) is 6.92 Å². The maximum Gasteiger partial charge on any atom is 0.146 e. The van der Waals surface area contributed by atoms with Gasteiger partial charge in [-0.25, -0.2) is 4.39 Å². The summed E-state index contributed by atoms with van der Waals surface area (Å²) < 4.78 is 13.4. The average molecular weight is 206 g/mol. The molecule has 2 nitrogen and oxygen atoms in total. The van der Waals surface area contributed by atoms with E-state index in [-0.39, 0.29) is 11.9 Å². The van der Waals surface area contributed by atoms with Crippen LogP contribution < -0.4 is 5.32 Å². The maximum atomic E-state index is 13.4. The zero-order valence-corrected chi connectivity index (χ0v) is 8.83. The molecule has 15 heavy (non-hydrogen) atoms. The Morgan fingerprint density at radius 1 is 1.67 bits per heavy atom. The highest BCUT2D eigenvalue weighted by atomic mass is 19.1. The number of nitrogens with one attached hydrogen (secondary N) is 1. The van der Waals surface area contributed by atoms with E-state index in [4.69, 9.17) is 6.42 Å². The summed E-state index contributed by atoms with van der Waals surface area (Å²) in [6, 6.07) is 1.55. The SMILES string of the molecule is C#CCC(NCCC)c1ccncc1F.